The molecule has 1 aromatic rings. The fourth-order valence-electron chi connectivity index (χ4n) is 2.89. The molecule has 8 nitrogen and oxygen atoms in total. The van der Waals surface area contributed by atoms with Crippen LogP contribution in [0.3, 0.4) is 0 Å². The molecule has 0 bridgehead atoms. The molecule has 28 heavy (non-hydrogen) atoms. The lowest BCUT2D eigenvalue weighted by Crippen LogP contribution is -2.33. The number of rotatable bonds is 11. The zero-order valence-corrected chi connectivity index (χ0v) is 18.0. The first-order chi connectivity index (χ1) is 13.2. The van der Waals surface area contributed by atoms with Gasteiger partial charge in [-0.1, -0.05) is 19.8 Å². The summed E-state index contributed by atoms with van der Waals surface area (Å²) in [5, 5.41) is 15.6. The molecule has 0 aliphatic carbocycles. The van der Waals surface area contributed by atoms with Crippen molar-refractivity contribution in [3.8, 4) is 0 Å². The summed E-state index contributed by atoms with van der Waals surface area (Å²) in [6.07, 6.45) is 4.79. The molecule has 0 aliphatic rings. The Morgan fingerprint density at radius 3 is 2.57 bits per heavy atom. The molecule has 1 rings (SSSR count). The lowest BCUT2D eigenvalue weighted by atomic mass is 10.0. The highest BCUT2D eigenvalue weighted by Gasteiger charge is 2.17. The van der Waals surface area contributed by atoms with Gasteiger partial charge >= 0.3 is 6.09 Å². The molecule has 8 heteroatoms. The van der Waals surface area contributed by atoms with Crippen molar-refractivity contribution >= 4 is 17.9 Å². The Balaban J connectivity index is 2.73. The summed E-state index contributed by atoms with van der Waals surface area (Å²) >= 11 is 0. The smallest absolute Gasteiger partial charge is 0.407 e. The van der Waals surface area contributed by atoms with Gasteiger partial charge in [-0.2, -0.15) is 4.98 Å². The largest absolute Gasteiger partial charge is 0.444 e. The molecule has 1 amide bonds. The molecule has 0 aromatic carbocycles. The van der Waals surface area contributed by atoms with Crippen LogP contribution < -0.4 is 16.4 Å². The number of unbranched alkanes of at least 4 members (excludes halogenated alkanes) is 1. The summed E-state index contributed by atoms with van der Waals surface area (Å²) in [7, 11) is 0. The second-order valence-electron chi connectivity index (χ2n) is 8.02. The SMILES string of the molecule is CCCC[C@@H](CCO)Nc1nc(N)nc(C)c1CCCNC(=O)OC(C)(C)C. The molecule has 1 aromatic heterocycles. The van der Waals surface area contributed by atoms with Crippen molar-refractivity contribution in [2.75, 3.05) is 24.2 Å². The van der Waals surface area contributed by atoms with Crippen molar-refractivity contribution in [1.29, 1.82) is 0 Å². The minimum absolute atomic E-state index is 0.121. The normalized spacial score (nSPS) is 12.5. The highest BCUT2D eigenvalue weighted by molar-refractivity contribution is 5.67. The topological polar surface area (TPSA) is 122 Å². The first kappa shape index (κ1) is 23.9. The summed E-state index contributed by atoms with van der Waals surface area (Å²) in [6.45, 7) is 10.2. The van der Waals surface area contributed by atoms with Crippen molar-refractivity contribution in [3.63, 3.8) is 0 Å². The number of aryl methyl sites for hydroxylation is 1. The maximum absolute atomic E-state index is 11.8. The van der Waals surface area contributed by atoms with Crippen LogP contribution in [0.5, 0.6) is 0 Å². The van der Waals surface area contributed by atoms with Crippen LogP contribution in [0.4, 0.5) is 16.6 Å². The number of nitrogens with one attached hydrogen (secondary N) is 2. The number of anilines is 2. The number of ether oxygens (including phenoxy) is 1. The number of nitrogen functional groups attached to an aromatic ring is 1. The van der Waals surface area contributed by atoms with E-state index < -0.39 is 11.7 Å². The van der Waals surface area contributed by atoms with Gasteiger partial charge < -0.3 is 26.2 Å². The molecule has 5 N–H and O–H groups in total. The second kappa shape index (κ2) is 11.7. The quantitative estimate of drug-likeness (QED) is 0.424. The predicted octanol–water partition coefficient (Wildman–Crippen LogP) is 3.18. The monoisotopic (exact) mass is 395 g/mol. The molecule has 1 heterocycles. The number of nitrogens with zero attached hydrogens (tertiary/aromatic N) is 2. The fourth-order valence-corrected chi connectivity index (χ4v) is 2.89. The van der Waals surface area contributed by atoms with Crippen molar-refractivity contribution < 1.29 is 14.6 Å². The standard InChI is InChI=1S/C20H37N5O3/c1-6-7-9-15(11-13-26)24-17-16(14(2)23-18(21)25-17)10-8-12-22-19(27)28-20(3,4)5/h15,26H,6-13H2,1-5H3,(H,22,27)(H3,21,23,24,25)/t15-/m0/s1. The molecule has 0 fully saturated rings. The predicted molar refractivity (Wildman–Crippen MR) is 112 cm³/mol. The van der Waals surface area contributed by atoms with Crippen molar-refractivity contribution in [2.24, 2.45) is 0 Å². The van der Waals surface area contributed by atoms with Gasteiger partial charge in [0.1, 0.15) is 11.4 Å². The molecular formula is C20H37N5O3. The summed E-state index contributed by atoms with van der Waals surface area (Å²) < 4.78 is 5.24. The van der Waals surface area contributed by atoms with Crippen LogP contribution in [-0.4, -0.2) is 46.0 Å². The number of nitrogens with two attached hydrogens (primary N) is 1. The average Bonchev–Trinajstić information content (AvgIpc) is 2.56. The van der Waals surface area contributed by atoms with Crippen LogP contribution in [-0.2, 0) is 11.2 Å². The Hall–Kier alpha value is -2.09. The van der Waals surface area contributed by atoms with E-state index in [0.717, 1.165) is 42.8 Å². The highest BCUT2D eigenvalue weighted by Crippen LogP contribution is 2.22. The Kier molecular flexibility index (Phi) is 9.99. The number of aliphatic hydroxyl groups is 1. The number of carbonyl (C=O) groups is 1. The zero-order chi connectivity index (χ0) is 21.2. The molecular weight excluding hydrogens is 358 g/mol. The van der Waals surface area contributed by atoms with E-state index in [1.807, 2.05) is 27.7 Å². The minimum Gasteiger partial charge on any atom is -0.444 e. The van der Waals surface area contributed by atoms with Gasteiger partial charge in [0, 0.05) is 30.5 Å². The maximum Gasteiger partial charge on any atom is 0.407 e. The lowest BCUT2D eigenvalue weighted by Gasteiger charge is -2.21. The molecule has 160 valence electrons. The number of carbonyl (C=O) groups excluding carboxylic acids is 1. The van der Waals surface area contributed by atoms with E-state index in [0.29, 0.717) is 19.4 Å². The Morgan fingerprint density at radius 1 is 1.25 bits per heavy atom. The first-order valence-electron chi connectivity index (χ1n) is 10.1. The molecule has 0 spiro atoms. The van der Waals surface area contributed by atoms with E-state index in [2.05, 4.69) is 27.5 Å². The van der Waals surface area contributed by atoms with Crippen molar-refractivity contribution in [2.45, 2.75) is 84.8 Å². The number of alkyl carbamates (subject to hydrolysis) is 1. The van der Waals surface area contributed by atoms with Gasteiger partial charge in [0.15, 0.2) is 0 Å². The van der Waals surface area contributed by atoms with E-state index in [4.69, 9.17) is 10.5 Å². The van der Waals surface area contributed by atoms with Crippen LogP contribution in [0, 0.1) is 6.92 Å². The number of aromatic nitrogens is 2. The van der Waals surface area contributed by atoms with Gasteiger partial charge in [-0.25, -0.2) is 9.78 Å². The molecule has 0 radical (unpaired) electrons. The lowest BCUT2D eigenvalue weighted by molar-refractivity contribution is 0.0527. The number of hydrogen-bond acceptors (Lipinski definition) is 7. The first-order valence-corrected chi connectivity index (χ1v) is 10.1. The van der Waals surface area contributed by atoms with Crippen LogP contribution in [0.2, 0.25) is 0 Å². The number of hydrogen-bond donors (Lipinski definition) is 4. The Morgan fingerprint density at radius 2 is 1.96 bits per heavy atom. The zero-order valence-electron chi connectivity index (χ0n) is 18.0. The van der Waals surface area contributed by atoms with Crippen molar-refractivity contribution in [3.05, 3.63) is 11.3 Å². The van der Waals surface area contributed by atoms with E-state index in [-0.39, 0.29) is 18.6 Å². The Bertz CT molecular complexity index is 617. The average molecular weight is 396 g/mol. The fraction of sp³-hybridized carbons (Fsp3) is 0.750. The van der Waals surface area contributed by atoms with Crippen LogP contribution in [0.15, 0.2) is 0 Å². The third-order valence-electron chi connectivity index (χ3n) is 4.23. The molecule has 0 saturated heterocycles. The van der Waals surface area contributed by atoms with Gasteiger partial charge in [-0.3, -0.25) is 0 Å². The highest BCUT2D eigenvalue weighted by atomic mass is 16.6. The summed E-state index contributed by atoms with van der Waals surface area (Å²) in [4.78, 5) is 20.4. The van der Waals surface area contributed by atoms with E-state index in [9.17, 15) is 9.90 Å². The maximum atomic E-state index is 11.8. The van der Waals surface area contributed by atoms with Crippen LogP contribution in [0.25, 0.3) is 0 Å². The third kappa shape index (κ3) is 9.21. The van der Waals surface area contributed by atoms with E-state index in [1.54, 1.807) is 0 Å². The van der Waals surface area contributed by atoms with Crippen molar-refractivity contribution in [1.82, 2.24) is 15.3 Å². The summed E-state index contributed by atoms with van der Waals surface area (Å²) in [5.74, 6) is 0.950. The summed E-state index contributed by atoms with van der Waals surface area (Å²) in [6, 6.07) is 0.136. The van der Waals surface area contributed by atoms with E-state index in [1.165, 1.54) is 0 Å². The molecule has 0 unspecified atom stereocenters. The molecule has 0 aliphatic heterocycles. The van der Waals surface area contributed by atoms with Crippen LogP contribution in [0.1, 0.15) is 71.1 Å². The van der Waals surface area contributed by atoms with Gasteiger partial charge in [0.25, 0.3) is 0 Å². The van der Waals surface area contributed by atoms with E-state index >= 15 is 0 Å². The second-order valence-corrected chi connectivity index (χ2v) is 8.02. The molecule has 0 saturated carbocycles. The summed E-state index contributed by atoms with van der Waals surface area (Å²) in [5.41, 5.74) is 7.15. The Labute approximate surface area is 168 Å². The van der Waals surface area contributed by atoms with Gasteiger partial charge in [0.05, 0.1) is 0 Å². The third-order valence-corrected chi connectivity index (χ3v) is 4.23. The molecule has 1 atom stereocenters. The minimum atomic E-state index is -0.511. The number of amides is 1. The van der Waals surface area contributed by atoms with Gasteiger partial charge in [-0.05, 0) is 53.4 Å². The van der Waals surface area contributed by atoms with Crippen LogP contribution >= 0.6 is 0 Å². The van der Waals surface area contributed by atoms with Gasteiger partial charge in [-0.15, -0.1) is 0 Å². The van der Waals surface area contributed by atoms with Gasteiger partial charge in [0.2, 0.25) is 5.95 Å². The number of aliphatic hydroxyl groups excluding tert-OH is 1.